The van der Waals surface area contributed by atoms with Crippen molar-refractivity contribution in [1.82, 2.24) is 4.31 Å². The molecule has 0 unspecified atom stereocenters. The molecule has 0 aliphatic carbocycles. The van der Waals surface area contributed by atoms with Crippen molar-refractivity contribution >= 4 is 56.4 Å². The van der Waals surface area contributed by atoms with Crippen LogP contribution in [0.4, 0.5) is 5.69 Å². The van der Waals surface area contributed by atoms with Crippen molar-refractivity contribution in [3.8, 4) is 11.5 Å². The van der Waals surface area contributed by atoms with Gasteiger partial charge in [0.2, 0.25) is 10.0 Å². The largest absolute Gasteiger partial charge is 0.506 e. The number of aromatic hydroxyl groups is 1. The van der Waals surface area contributed by atoms with E-state index in [4.69, 9.17) is 39.5 Å². The Balaban J connectivity index is 1.71. The van der Waals surface area contributed by atoms with Crippen molar-refractivity contribution in [2.45, 2.75) is 17.7 Å². The van der Waals surface area contributed by atoms with E-state index >= 15 is 0 Å². The summed E-state index contributed by atoms with van der Waals surface area (Å²) in [7, 11) is -3.69. The molecule has 2 aromatic carbocycles. The van der Waals surface area contributed by atoms with E-state index in [-0.39, 0.29) is 37.1 Å². The van der Waals surface area contributed by atoms with E-state index < -0.39 is 22.5 Å². The van der Waals surface area contributed by atoms with Gasteiger partial charge in [0.25, 0.3) is 5.91 Å². The number of carbonyl (C=O) groups excluding carboxylic acids is 1. The lowest BCUT2D eigenvalue weighted by Crippen LogP contribution is -2.28. The molecule has 7 nitrogen and oxygen atoms in total. The Morgan fingerprint density at radius 3 is 2.41 bits per heavy atom. The SMILES string of the molecule is O=C(COc1cc(Cl)c(Cl)cc1Cl)Nc1cc(S(=O)(=O)N2CCCC2)ccc1O. The number of phenols is 1. The molecule has 156 valence electrons. The molecule has 2 aromatic rings. The number of ether oxygens (including phenoxy) is 1. The van der Waals surface area contributed by atoms with Crippen molar-refractivity contribution < 1.29 is 23.1 Å². The summed E-state index contributed by atoms with van der Waals surface area (Å²) in [5, 5.41) is 13.1. The summed E-state index contributed by atoms with van der Waals surface area (Å²) in [6.07, 6.45) is 1.60. The highest BCUT2D eigenvalue weighted by Gasteiger charge is 2.28. The van der Waals surface area contributed by atoms with Gasteiger partial charge in [0.15, 0.2) is 6.61 Å². The maximum Gasteiger partial charge on any atom is 0.262 e. The van der Waals surface area contributed by atoms with Crippen LogP contribution in [0.5, 0.6) is 11.5 Å². The molecular formula is C18H17Cl3N2O5S. The van der Waals surface area contributed by atoms with Crippen LogP contribution in [0.1, 0.15) is 12.8 Å². The fourth-order valence-corrected chi connectivity index (χ4v) is 4.93. The molecule has 1 aliphatic rings. The van der Waals surface area contributed by atoms with Gasteiger partial charge in [0.1, 0.15) is 11.5 Å². The van der Waals surface area contributed by atoms with E-state index in [1.165, 1.54) is 34.6 Å². The molecule has 29 heavy (non-hydrogen) atoms. The Bertz CT molecular complexity index is 1040. The highest BCUT2D eigenvalue weighted by atomic mass is 35.5. The molecule has 1 amide bonds. The van der Waals surface area contributed by atoms with Crippen LogP contribution in [-0.4, -0.2) is 43.4 Å². The van der Waals surface area contributed by atoms with Gasteiger partial charge in [-0.1, -0.05) is 34.8 Å². The van der Waals surface area contributed by atoms with Crippen molar-refractivity contribution in [2.75, 3.05) is 25.0 Å². The monoisotopic (exact) mass is 478 g/mol. The van der Waals surface area contributed by atoms with Crippen LogP contribution in [0.15, 0.2) is 35.2 Å². The first kappa shape index (κ1) is 22.0. The summed E-state index contributed by atoms with van der Waals surface area (Å²) in [6.45, 7) is 0.451. The average Bonchev–Trinajstić information content (AvgIpc) is 3.21. The number of rotatable bonds is 6. The second kappa shape index (κ2) is 8.97. The average molecular weight is 480 g/mol. The maximum atomic E-state index is 12.7. The van der Waals surface area contributed by atoms with Crippen molar-refractivity contribution in [3.63, 3.8) is 0 Å². The lowest BCUT2D eigenvalue weighted by atomic mass is 10.3. The second-order valence-corrected chi connectivity index (χ2v) is 9.48. The van der Waals surface area contributed by atoms with Gasteiger partial charge in [0, 0.05) is 19.2 Å². The van der Waals surface area contributed by atoms with E-state index in [1.807, 2.05) is 0 Å². The Morgan fingerprint density at radius 1 is 1.07 bits per heavy atom. The molecule has 2 N–H and O–H groups in total. The van der Waals surface area contributed by atoms with Gasteiger partial charge in [-0.05, 0) is 37.1 Å². The predicted molar refractivity (Wildman–Crippen MR) is 112 cm³/mol. The lowest BCUT2D eigenvalue weighted by Gasteiger charge is -2.17. The number of anilines is 1. The number of hydrogen-bond donors (Lipinski definition) is 2. The molecule has 11 heteroatoms. The lowest BCUT2D eigenvalue weighted by molar-refractivity contribution is -0.118. The highest BCUT2D eigenvalue weighted by Crippen LogP contribution is 2.34. The van der Waals surface area contributed by atoms with E-state index in [1.54, 1.807) is 0 Å². The molecule has 1 aliphatic heterocycles. The quantitative estimate of drug-likeness (QED) is 0.479. The fraction of sp³-hybridized carbons (Fsp3) is 0.278. The van der Waals surface area contributed by atoms with E-state index in [2.05, 4.69) is 5.32 Å². The van der Waals surface area contributed by atoms with Crippen LogP contribution in [0.3, 0.4) is 0 Å². The van der Waals surface area contributed by atoms with E-state index in [9.17, 15) is 18.3 Å². The third-order valence-electron chi connectivity index (χ3n) is 4.28. The molecule has 0 aromatic heterocycles. The first-order valence-electron chi connectivity index (χ1n) is 8.59. The van der Waals surface area contributed by atoms with Gasteiger partial charge in [-0.15, -0.1) is 0 Å². The van der Waals surface area contributed by atoms with Gasteiger partial charge >= 0.3 is 0 Å². The second-order valence-electron chi connectivity index (χ2n) is 6.32. The number of nitrogens with one attached hydrogen (secondary N) is 1. The predicted octanol–water partition coefficient (Wildman–Crippen LogP) is 4.15. The standard InChI is InChI=1S/C18H17Cl3N2O5S/c19-12-8-14(21)17(9-13(12)20)28-10-18(25)22-15-7-11(3-4-16(15)24)29(26,27)23-5-1-2-6-23/h3-4,7-9,24H,1-2,5-6,10H2,(H,22,25). The third-order valence-corrected chi connectivity index (χ3v) is 7.19. The number of nitrogens with zero attached hydrogens (tertiary/aromatic N) is 1. The number of sulfonamides is 1. The van der Waals surface area contributed by atoms with Crippen LogP contribution in [-0.2, 0) is 14.8 Å². The smallest absolute Gasteiger partial charge is 0.262 e. The molecule has 3 rings (SSSR count). The van der Waals surface area contributed by atoms with Crippen LogP contribution < -0.4 is 10.1 Å². The van der Waals surface area contributed by atoms with Gasteiger partial charge in [-0.2, -0.15) is 4.31 Å². The Kier molecular flexibility index (Phi) is 6.80. The number of benzene rings is 2. The molecule has 0 bridgehead atoms. The van der Waals surface area contributed by atoms with Crippen LogP contribution in [0.2, 0.25) is 15.1 Å². The minimum Gasteiger partial charge on any atom is -0.506 e. The number of carbonyl (C=O) groups is 1. The topological polar surface area (TPSA) is 95.9 Å². The normalized spacial score (nSPS) is 14.7. The Morgan fingerprint density at radius 2 is 1.72 bits per heavy atom. The van der Waals surface area contributed by atoms with Crippen LogP contribution in [0, 0.1) is 0 Å². The Labute approximate surface area is 183 Å². The zero-order valence-corrected chi connectivity index (χ0v) is 18.1. The van der Waals surface area contributed by atoms with Crippen LogP contribution >= 0.6 is 34.8 Å². The highest BCUT2D eigenvalue weighted by molar-refractivity contribution is 7.89. The van der Waals surface area contributed by atoms with Gasteiger partial charge in [-0.3, -0.25) is 4.79 Å². The summed E-state index contributed by atoms with van der Waals surface area (Å²) in [4.78, 5) is 12.2. The zero-order valence-electron chi connectivity index (χ0n) is 15.0. The van der Waals surface area contributed by atoms with Crippen molar-refractivity contribution in [2.24, 2.45) is 0 Å². The molecule has 0 radical (unpaired) electrons. The summed E-state index contributed by atoms with van der Waals surface area (Å²) >= 11 is 17.7. The first-order chi connectivity index (χ1) is 13.7. The summed E-state index contributed by atoms with van der Waals surface area (Å²) < 4.78 is 32.0. The van der Waals surface area contributed by atoms with Gasteiger partial charge < -0.3 is 15.2 Å². The van der Waals surface area contributed by atoms with Crippen LogP contribution in [0.25, 0.3) is 0 Å². The number of hydrogen-bond acceptors (Lipinski definition) is 5. The van der Waals surface area contributed by atoms with Gasteiger partial charge in [-0.25, -0.2) is 8.42 Å². The molecule has 1 saturated heterocycles. The van der Waals surface area contributed by atoms with Gasteiger partial charge in [0.05, 0.1) is 25.7 Å². The number of amides is 1. The number of phenolic OH excluding ortho intramolecular Hbond substituents is 1. The molecule has 0 atom stereocenters. The molecule has 1 heterocycles. The first-order valence-corrected chi connectivity index (χ1v) is 11.2. The molecule has 0 saturated carbocycles. The third kappa shape index (κ3) is 5.07. The maximum absolute atomic E-state index is 12.7. The molecular weight excluding hydrogens is 463 g/mol. The molecule has 1 fully saturated rings. The fourth-order valence-electron chi connectivity index (χ4n) is 2.80. The van der Waals surface area contributed by atoms with E-state index in [0.29, 0.717) is 13.1 Å². The summed E-state index contributed by atoms with van der Waals surface area (Å²) in [5.74, 6) is -0.741. The Hall–Kier alpha value is -1.71. The number of halogens is 3. The van der Waals surface area contributed by atoms with E-state index in [0.717, 1.165) is 12.8 Å². The van der Waals surface area contributed by atoms with Crippen molar-refractivity contribution in [1.29, 1.82) is 0 Å². The molecule has 0 spiro atoms. The zero-order chi connectivity index (χ0) is 21.2. The summed E-state index contributed by atoms with van der Waals surface area (Å²) in [6, 6.07) is 6.49. The minimum atomic E-state index is -3.69. The van der Waals surface area contributed by atoms with Crippen molar-refractivity contribution in [3.05, 3.63) is 45.4 Å². The summed E-state index contributed by atoms with van der Waals surface area (Å²) in [5.41, 5.74) is -0.0425. The minimum absolute atomic E-state index is 0.0130.